The summed E-state index contributed by atoms with van der Waals surface area (Å²) >= 11 is 1.22. The van der Waals surface area contributed by atoms with Crippen LogP contribution in [0, 0.1) is 0 Å². The summed E-state index contributed by atoms with van der Waals surface area (Å²) in [6, 6.07) is 4.97. The Labute approximate surface area is 180 Å². The quantitative estimate of drug-likeness (QED) is 0.603. The van der Waals surface area contributed by atoms with Gasteiger partial charge >= 0.3 is 6.18 Å². The van der Waals surface area contributed by atoms with Gasteiger partial charge in [-0.1, -0.05) is 0 Å². The lowest BCUT2D eigenvalue weighted by molar-refractivity contribution is -0.136. The van der Waals surface area contributed by atoms with Crippen molar-refractivity contribution in [3.8, 4) is 11.5 Å². The Kier molecular flexibility index (Phi) is 5.42. The predicted octanol–water partition coefficient (Wildman–Crippen LogP) is 4.33. The van der Waals surface area contributed by atoms with E-state index in [0.29, 0.717) is 35.5 Å². The van der Waals surface area contributed by atoms with E-state index in [0.717, 1.165) is 11.3 Å². The third-order valence-corrected chi connectivity index (χ3v) is 6.50. The SMILES string of the molecule is COc1ccc(OC)c(CNC(=O)c2c(N)nc3sc4c(c3c2C(F)(F)F)CCC4)c1. The minimum atomic E-state index is -4.76. The number of nitrogens with zero attached hydrogens (tertiary/aromatic N) is 1. The zero-order valence-electron chi connectivity index (χ0n) is 16.9. The smallest absolute Gasteiger partial charge is 0.418 e. The van der Waals surface area contributed by atoms with E-state index in [2.05, 4.69) is 10.3 Å². The van der Waals surface area contributed by atoms with Crippen LogP contribution in [-0.4, -0.2) is 25.1 Å². The number of halogens is 3. The van der Waals surface area contributed by atoms with Gasteiger partial charge in [0.15, 0.2) is 0 Å². The normalized spacial score (nSPS) is 13.3. The number of hydrogen-bond acceptors (Lipinski definition) is 6. The summed E-state index contributed by atoms with van der Waals surface area (Å²) in [5.74, 6) is -0.385. The van der Waals surface area contributed by atoms with Crippen LogP contribution >= 0.6 is 11.3 Å². The monoisotopic (exact) mass is 451 g/mol. The summed E-state index contributed by atoms with van der Waals surface area (Å²) in [4.78, 5) is 18.2. The molecular formula is C21H20F3N3O3S. The van der Waals surface area contributed by atoms with Gasteiger partial charge in [0.1, 0.15) is 22.1 Å². The van der Waals surface area contributed by atoms with Crippen molar-refractivity contribution in [2.75, 3.05) is 20.0 Å². The first-order valence-corrected chi connectivity index (χ1v) is 10.4. The first-order valence-electron chi connectivity index (χ1n) is 9.54. The van der Waals surface area contributed by atoms with E-state index < -0.39 is 29.0 Å². The molecule has 1 aliphatic rings. The van der Waals surface area contributed by atoms with E-state index in [4.69, 9.17) is 15.2 Å². The van der Waals surface area contributed by atoms with E-state index >= 15 is 0 Å². The molecule has 3 aromatic rings. The number of alkyl halides is 3. The number of methoxy groups -OCH3 is 2. The molecule has 1 aliphatic carbocycles. The molecule has 0 bridgehead atoms. The lowest BCUT2D eigenvalue weighted by atomic mass is 10.00. The van der Waals surface area contributed by atoms with Crippen molar-refractivity contribution in [3.63, 3.8) is 0 Å². The van der Waals surface area contributed by atoms with Gasteiger partial charge in [-0.25, -0.2) is 4.98 Å². The maximum Gasteiger partial charge on any atom is 0.418 e. The van der Waals surface area contributed by atoms with Gasteiger partial charge in [-0.15, -0.1) is 11.3 Å². The molecule has 10 heteroatoms. The van der Waals surface area contributed by atoms with E-state index in [-0.39, 0.29) is 16.8 Å². The van der Waals surface area contributed by atoms with E-state index in [1.54, 1.807) is 18.2 Å². The molecule has 0 unspecified atom stereocenters. The van der Waals surface area contributed by atoms with Gasteiger partial charge < -0.3 is 20.5 Å². The first kappa shape index (κ1) is 21.2. The summed E-state index contributed by atoms with van der Waals surface area (Å²) in [6.45, 7) is -0.0737. The number of nitrogen functional groups attached to an aromatic ring is 1. The highest BCUT2D eigenvalue weighted by atomic mass is 32.1. The molecule has 3 N–H and O–H groups in total. The number of amides is 1. The molecule has 0 aliphatic heterocycles. The number of pyridine rings is 1. The topological polar surface area (TPSA) is 86.5 Å². The summed E-state index contributed by atoms with van der Waals surface area (Å²) in [7, 11) is 2.95. The number of nitrogens with two attached hydrogens (primary N) is 1. The van der Waals surface area contributed by atoms with Gasteiger partial charge in [0.05, 0.1) is 25.3 Å². The third kappa shape index (κ3) is 3.76. The first-order chi connectivity index (χ1) is 14.7. The molecule has 0 radical (unpaired) electrons. The van der Waals surface area contributed by atoms with E-state index in [9.17, 15) is 18.0 Å². The molecule has 1 amide bonds. The third-order valence-electron chi connectivity index (χ3n) is 5.32. The van der Waals surface area contributed by atoms with E-state index in [1.807, 2.05) is 0 Å². The fraction of sp³-hybridized carbons (Fsp3) is 0.333. The molecule has 2 aromatic heterocycles. The van der Waals surface area contributed by atoms with Gasteiger partial charge in [0, 0.05) is 22.4 Å². The van der Waals surface area contributed by atoms with E-state index in [1.165, 1.54) is 25.6 Å². The minimum absolute atomic E-state index is 0.00307. The van der Waals surface area contributed by atoms with Gasteiger partial charge in [-0.3, -0.25) is 4.79 Å². The fourth-order valence-electron chi connectivity index (χ4n) is 3.94. The average molecular weight is 451 g/mol. The Balaban J connectivity index is 1.76. The van der Waals surface area contributed by atoms with Crippen LogP contribution in [0.25, 0.3) is 10.2 Å². The van der Waals surface area contributed by atoms with Crippen LogP contribution in [0.3, 0.4) is 0 Å². The molecule has 0 saturated heterocycles. The van der Waals surface area contributed by atoms with Gasteiger partial charge in [0.2, 0.25) is 0 Å². The summed E-state index contributed by atoms with van der Waals surface area (Å²) in [6.07, 6.45) is -2.72. The molecule has 164 valence electrons. The number of fused-ring (bicyclic) bond motifs is 3. The molecule has 0 atom stereocenters. The number of thiophene rings is 1. The number of ether oxygens (including phenoxy) is 2. The highest BCUT2D eigenvalue weighted by molar-refractivity contribution is 7.19. The number of benzene rings is 1. The van der Waals surface area contributed by atoms with Crippen molar-refractivity contribution in [3.05, 3.63) is 45.3 Å². The lowest BCUT2D eigenvalue weighted by Gasteiger charge is -2.17. The Morgan fingerprint density at radius 3 is 2.71 bits per heavy atom. The molecule has 0 saturated carbocycles. The zero-order chi connectivity index (χ0) is 22.3. The Bertz CT molecular complexity index is 1170. The van der Waals surface area contributed by atoms with Gasteiger partial charge in [-0.2, -0.15) is 13.2 Å². The Morgan fingerprint density at radius 2 is 2.03 bits per heavy atom. The molecule has 6 nitrogen and oxygen atoms in total. The standard InChI is InChI=1S/C21H20F3N3O3S/c1-29-11-6-7-13(30-2)10(8-11)9-26-19(28)16-17(21(22,23)24)15-12-4-3-5-14(12)31-20(15)27-18(16)25/h6-8H,3-5,9H2,1-2H3,(H2,25,27)(H,26,28). The van der Waals surface area contributed by atoms with Crippen LogP contribution in [0.1, 0.15) is 38.3 Å². The van der Waals surface area contributed by atoms with Crippen molar-refractivity contribution in [1.29, 1.82) is 0 Å². The molecule has 4 rings (SSSR count). The number of carbonyl (C=O) groups is 1. The van der Waals surface area contributed by atoms with Crippen molar-refractivity contribution >= 4 is 33.3 Å². The number of aryl methyl sites for hydroxylation is 2. The van der Waals surface area contributed by atoms with Crippen LogP contribution in [0.15, 0.2) is 18.2 Å². The summed E-state index contributed by atoms with van der Waals surface area (Å²) in [5, 5.41) is 2.53. The van der Waals surface area contributed by atoms with Crippen molar-refractivity contribution in [2.24, 2.45) is 0 Å². The molecule has 0 fully saturated rings. The number of hydrogen-bond donors (Lipinski definition) is 2. The Hall–Kier alpha value is -3.01. The number of anilines is 1. The molecular weight excluding hydrogens is 431 g/mol. The van der Waals surface area contributed by atoms with Crippen LogP contribution in [0.2, 0.25) is 0 Å². The number of nitrogens with one attached hydrogen (secondary N) is 1. The number of rotatable bonds is 5. The second-order valence-corrected chi connectivity index (χ2v) is 8.23. The zero-order valence-corrected chi connectivity index (χ0v) is 17.7. The summed E-state index contributed by atoms with van der Waals surface area (Å²) < 4.78 is 52.9. The molecule has 31 heavy (non-hydrogen) atoms. The largest absolute Gasteiger partial charge is 0.497 e. The maximum absolute atomic E-state index is 14.2. The molecule has 0 spiro atoms. The predicted molar refractivity (Wildman–Crippen MR) is 112 cm³/mol. The highest BCUT2D eigenvalue weighted by Crippen LogP contribution is 2.46. The number of carbonyl (C=O) groups excluding carboxylic acids is 1. The van der Waals surface area contributed by atoms with Crippen molar-refractivity contribution in [1.82, 2.24) is 10.3 Å². The van der Waals surface area contributed by atoms with Crippen molar-refractivity contribution < 1.29 is 27.4 Å². The van der Waals surface area contributed by atoms with Crippen LogP contribution < -0.4 is 20.5 Å². The molecule has 1 aromatic carbocycles. The van der Waals surface area contributed by atoms with Gasteiger partial charge in [0.25, 0.3) is 5.91 Å². The lowest BCUT2D eigenvalue weighted by Crippen LogP contribution is -2.28. The maximum atomic E-state index is 14.2. The number of aromatic nitrogens is 1. The highest BCUT2D eigenvalue weighted by Gasteiger charge is 2.41. The fourth-order valence-corrected chi connectivity index (χ4v) is 5.22. The second kappa shape index (κ2) is 7.92. The average Bonchev–Trinajstić information content (AvgIpc) is 3.30. The second-order valence-electron chi connectivity index (χ2n) is 7.14. The van der Waals surface area contributed by atoms with Crippen LogP contribution in [0.5, 0.6) is 11.5 Å². The van der Waals surface area contributed by atoms with Gasteiger partial charge in [-0.05, 0) is 43.0 Å². The van der Waals surface area contributed by atoms with Crippen molar-refractivity contribution in [2.45, 2.75) is 32.0 Å². The van der Waals surface area contributed by atoms with Crippen LogP contribution in [-0.2, 0) is 25.6 Å². The minimum Gasteiger partial charge on any atom is -0.497 e. The molecule has 2 heterocycles. The Morgan fingerprint density at radius 1 is 1.26 bits per heavy atom. The van der Waals surface area contributed by atoms with Crippen LogP contribution in [0.4, 0.5) is 19.0 Å². The summed E-state index contributed by atoms with van der Waals surface area (Å²) in [5.41, 5.74) is 5.39.